The van der Waals surface area contributed by atoms with Gasteiger partial charge in [-0.1, -0.05) is 18.2 Å². The summed E-state index contributed by atoms with van der Waals surface area (Å²) in [4.78, 5) is 11.9. The first-order valence-electron chi connectivity index (χ1n) is 6.10. The highest BCUT2D eigenvalue weighted by Crippen LogP contribution is 2.19. The molecule has 104 valence electrons. The third kappa shape index (κ3) is 3.93. The lowest BCUT2D eigenvalue weighted by atomic mass is 10.2. The number of carbonyl (C=O) groups excluding carboxylic acids is 1. The SMILES string of the molecule is Cc1ccccc1NC(=O)CNc1ccc(F)cc1I. The minimum atomic E-state index is -0.288. The van der Waals surface area contributed by atoms with Crippen molar-refractivity contribution >= 4 is 39.9 Å². The van der Waals surface area contributed by atoms with Gasteiger partial charge in [0.1, 0.15) is 5.82 Å². The molecule has 1 amide bonds. The fourth-order valence-electron chi connectivity index (χ4n) is 1.72. The van der Waals surface area contributed by atoms with Gasteiger partial charge >= 0.3 is 0 Å². The van der Waals surface area contributed by atoms with E-state index < -0.39 is 0 Å². The van der Waals surface area contributed by atoms with E-state index in [1.807, 2.05) is 53.8 Å². The Labute approximate surface area is 130 Å². The molecule has 0 radical (unpaired) electrons. The molecule has 2 rings (SSSR count). The summed E-state index contributed by atoms with van der Waals surface area (Å²) >= 11 is 2.03. The molecule has 0 aliphatic heterocycles. The molecule has 0 bridgehead atoms. The predicted molar refractivity (Wildman–Crippen MR) is 87.4 cm³/mol. The third-order valence-electron chi connectivity index (χ3n) is 2.79. The summed E-state index contributed by atoms with van der Waals surface area (Å²) in [5.41, 5.74) is 2.55. The Balaban J connectivity index is 1.94. The van der Waals surface area contributed by atoms with E-state index >= 15 is 0 Å². The second-order valence-corrected chi connectivity index (χ2v) is 5.50. The van der Waals surface area contributed by atoms with Crippen LogP contribution in [0.15, 0.2) is 42.5 Å². The van der Waals surface area contributed by atoms with Crippen molar-refractivity contribution in [2.24, 2.45) is 0 Å². The number of amides is 1. The zero-order valence-electron chi connectivity index (χ0n) is 10.9. The number of benzene rings is 2. The number of anilines is 2. The molecular weight excluding hydrogens is 370 g/mol. The van der Waals surface area contributed by atoms with Crippen molar-refractivity contribution < 1.29 is 9.18 Å². The first kappa shape index (κ1) is 14.8. The molecule has 0 spiro atoms. The molecule has 0 fully saturated rings. The Kier molecular flexibility index (Phi) is 4.94. The lowest BCUT2D eigenvalue weighted by molar-refractivity contribution is -0.114. The first-order valence-corrected chi connectivity index (χ1v) is 7.18. The normalized spacial score (nSPS) is 10.2. The molecule has 0 saturated carbocycles. The van der Waals surface area contributed by atoms with E-state index in [9.17, 15) is 9.18 Å². The quantitative estimate of drug-likeness (QED) is 0.788. The molecule has 3 nitrogen and oxygen atoms in total. The maximum atomic E-state index is 13.0. The molecule has 0 aliphatic carbocycles. The van der Waals surface area contributed by atoms with Gasteiger partial charge in [-0.15, -0.1) is 0 Å². The van der Waals surface area contributed by atoms with E-state index in [1.165, 1.54) is 12.1 Å². The Bertz CT molecular complexity index is 631. The molecule has 0 heterocycles. The zero-order chi connectivity index (χ0) is 14.5. The summed E-state index contributed by atoms with van der Waals surface area (Å²) in [6.45, 7) is 2.07. The minimum absolute atomic E-state index is 0.135. The Morgan fingerprint density at radius 1 is 1.20 bits per heavy atom. The van der Waals surface area contributed by atoms with Crippen LogP contribution in [0.25, 0.3) is 0 Å². The summed E-state index contributed by atoms with van der Waals surface area (Å²) in [7, 11) is 0. The molecule has 20 heavy (non-hydrogen) atoms. The van der Waals surface area contributed by atoms with Crippen LogP contribution in [0.1, 0.15) is 5.56 Å². The standard InChI is InChI=1S/C15H14FIN2O/c1-10-4-2-3-5-13(10)19-15(20)9-18-14-7-6-11(16)8-12(14)17/h2-8,18H,9H2,1H3,(H,19,20). The lowest BCUT2D eigenvalue weighted by Gasteiger charge is -2.10. The van der Waals surface area contributed by atoms with Gasteiger partial charge in [-0.2, -0.15) is 0 Å². The Hall–Kier alpha value is -1.63. The van der Waals surface area contributed by atoms with E-state index in [4.69, 9.17) is 0 Å². The third-order valence-corrected chi connectivity index (χ3v) is 3.68. The van der Waals surface area contributed by atoms with Crippen molar-refractivity contribution in [3.05, 3.63) is 57.4 Å². The van der Waals surface area contributed by atoms with E-state index in [0.717, 1.165) is 20.5 Å². The maximum absolute atomic E-state index is 13.0. The van der Waals surface area contributed by atoms with Gasteiger partial charge in [-0.25, -0.2) is 4.39 Å². The monoisotopic (exact) mass is 384 g/mol. The number of hydrogen-bond acceptors (Lipinski definition) is 2. The first-order chi connectivity index (χ1) is 9.56. The molecule has 0 aromatic heterocycles. The Morgan fingerprint density at radius 3 is 2.65 bits per heavy atom. The molecule has 0 saturated heterocycles. The minimum Gasteiger partial charge on any atom is -0.375 e. The van der Waals surface area contributed by atoms with Crippen molar-refractivity contribution in [3.63, 3.8) is 0 Å². The fraction of sp³-hybridized carbons (Fsp3) is 0.133. The Morgan fingerprint density at radius 2 is 1.95 bits per heavy atom. The van der Waals surface area contributed by atoms with Crippen molar-refractivity contribution in [1.29, 1.82) is 0 Å². The van der Waals surface area contributed by atoms with Crippen LogP contribution < -0.4 is 10.6 Å². The highest BCUT2D eigenvalue weighted by Gasteiger charge is 2.06. The number of para-hydroxylation sites is 1. The zero-order valence-corrected chi connectivity index (χ0v) is 13.1. The number of aryl methyl sites for hydroxylation is 1. The second kappa shape index (κ2) is 6.69. The average molecular weight is 384 g/mol. The van der Waals surface area contributed by atoms with Crippen LogP contribution >= 0.6 is 22.6 Å². The second-order valence-electron chi connectivity index (χ2n) is 4.34. The van der Waals surface area contributed by atoms with Gasteiger partial charge in [0.25, 0.3) is 0 Å². The van der Waals surface area contributed by atoms with Crippen LogP contribution in [-0.2, 0) is 4.79 Å². The molecule has 0 aliphatic rings. The van der Waals surface area contributed by atoms with E-state index in [2.05, 4.69) is 10.6 Å². The highest BCUT2D eigenvalue weighted by atomic mass is 127. The number of hydrogen-bond donors (Lipinski definition) is 2. The van der Waals surface area contributed by atoms with Crippen molar-refractivity contribution in [2.75, 3.05) is 17.2 Å². The van der Waals surface area contributed by atoms with E-state index in [-0.39, 0.29) is 18.3 Å². The summed E-state index contributed by atoms with van der Waals surface area (Å²) in [5, 5.41) is 5.83. The van der Waals surface area contributed by atoms with Crippen molar-refractivity contribution in [1.82, 2.24) is 0 Å². The van der Waals surface area contributed by atoms with Gasteiger partial charge in [0.15, 0.2) is 0 Å². The van der Waals surface area contributed by atoms with Crippen LogP contribution in [0.2, 0.25) is 0 Å². The fourth-order valence-corrected chi connectivity index (χ4v) is 2.38. The van der Waals surface area contributed by atoms with Gasteiger partial charge < -0.3 is 10.6 Å². The smallest absolute Gasteiger partial charge is 0.243 e. The molecule has 2 aromatic rings. The van der Waals surface area contributed by atoms with Crippen molar-refractivity contribution in [3.8, 4) is 0 Å². The summed E-state index contributed by atoms with van der Waals surface area (Å²) in [6.07, 6.45) is 0. The number of carbonyl (C=O) groups is 1. The van der Waals surface area contributed by atoms with E-state index in [1.54, 1.807) is 6.07 Å². The summed E-state index contributed by atoms with van der Waals surface area (Å²) < 4.78 is 13.7. The van der Waals surface area contributed by atoms with Gasteiger partial charge in [-0.3, -0.25) is 4.79 Å². The number of rotatable bonds is 4. The lowest BCUT2D eigenvalue weighted by Crippen LogP contribution is -2.22. The van der Waals surface area contributed by atoms with Crippen LogP contribution in [0.3, 0.4) is 0 Å². The molecule has 2 N–H and O–H groups in total. The summed E-state index contributed by atoms with van der Waals surface area (Å²) in [5.74, 6) is -0.427. The van der Waals surface area contributed by atoms with Gasteiger partial charge in [0.05, 0.1) is 6.54 Å². The van der Waals surface area contributed by atoms with Gasteiger partial charge in [0, 0.05) is 14.9 Å². The van der Waals surface area contributed by atoms with Crippen LogP contribution in [0.4, 0.5) is 15.8 Å². The van der Waals surface area contributed by atoms with Gasteiger partial charge in [-0.05, 0) is 59.3 Å². The van der Waals surface area contributed by atoms with Crippen LogP contribution in [0, 0.1) is 16.3 Å². The maximum Gasteiger partial charge on any atom is 0.243 e. The summed E-state index contributed by atoms with van der Waals surface area (Å²) in [6, 6.07) is 12.0. The number of halogens is 2. The molecule has 2 aromatic carbocycles. The van der Waals surface area contributed by atoms with Gasteiger partial charge in [0.2, 0.25) is 5.91 Å². The predicted octanol–water partition coefficient (Wildman–Crippen LogP) is 3.79. The molecule has 0 atom stereocenters. The highest BCUT2D eigenvalue weighted by molar-refractivity contribution is 14.1. The van der Waals surface area contributed by atoms with Crippen LogP contribution in [0.5, 0.6) is 0 Å². The molecule has 0 unspecified atom stereocenters. The topological polar surface area (TPSA) is 41.1 Å². The largest absolute Gasteiger partial charge is 0.375 e. The molecule has 5 heteroatoms. The molecular formula is C15H14FIN2O. The number of nitrogens with one attached hydrogen (secondary N) is 2. The average Bonchev–Trinajstić information content (AvgIpc) is 2.40. The van der Waals surface area contributed by atoms with E-state index in [0.29, 0.717) is 0 Å². The van der Waals surface area contributed by atoms with Crippen LogP contribution in [-0.4, -0.2) is 12.5 Å². The van der Waals surface area contributed by atoms with Crippen molar-refractivity contribution in [2.45, 2.75) is 6.92 Å².